The molecule has 0 saturated heterocycles. The first-order chi connectivity index (χ1) is 11.4. The van der Waals surface area contributed by atoms with Gasteiger partial charge in [-0.15, -0.1) is 0 Å². The van der Waals surface area contributed by atoms with Crippen molar-refractivity contribution in [2.24, 2.45) is 0 Å². The fourth-order valence-electron chi connectivity index (χ4n) is 4.88. The van der Waals surface area contributed by atoms with Crippen molar-refractivity contribution in [2.45, 2.75) is 88.9 Å². The largest absolute Gasteiger partial charge is 0.507 e. The van der Waals surface area contributed by atoms with Gasteiger partial charge in [-0.05, 0) is 48.6 Å². The van der Waals surface area contributed by atoms with Crippen LogP contribution in [0, 0.1) is 0 Å². The molecule has 1 aromatic rings. The Hall–Kier alpha value is -1.51. The third kappa shape index (κ3) is 3.05. The Labute approximate surface area is 145 Å². The Balaban J connectivity index is 2.13. The molecule has 0 heterocycles. The number of carboxylic acid groups (broad SMARTS) is 1. The molecule has 132 valence electrons. The van der Waals surface area contributed by atoms with Crippen molar-refractivity contribution < 1.29 is 15.0 Å². The molecular formula is C21H30O3. The molecule has 0 spiro atoms. The van der Waals surface area contributed by atoms with Crippen molar-refractivity contribution in [3.63, 3.8) is 0 Å². The highest BCUT2D eigenvalue weighted by atomic mass is 16.4. The zero-order chi connectivity index (χ0) is 17.4. The second kappa shape index (κ2) is 6.42. The van der Waals surface area contributed by atoms with Gasteiger partial charge in [-0.3, -0.25) is 0 Å². The second-order valence-corrected chi connectivity index (χ2v) is 8.47. The molecule has 0 aliphatic heterocycles. The summed E-state index contributed by atoms with van der Waals surface area (Å²) in [6.45, 7) is 4.39. The first-order valence-electron chi connectivity index (χ1n) is 9.47. The maximum absolute atomic E-state index is 11.7. The lowest BCUT2D eigenvalue weighted by Crippen LogP contribution is -2.29. The summed E-state index contributed by atoms with van der Waals surface area (Å²) in [6.07, 6.45) is 11.2. The summed E-state index contributed by atoms with van der Waals surface area (Å²) in [7, 11) is 0. The first-order valence-corrected chi connectivity index (χ1v) is 9.47. The molecule has 3 nitrogen and oxygen atoms in total. The molecule has 0 aromatic heterocycles. The summed E-state index contributed by atoms with van der Waals surface area (Å²) in [6, 6.07) is 3.47. The molecule has 2 saturated carbocycles. The van der Waals surface area contributed by atoms with Crippen LogP contribution >= 0.6 is 0 Å². The van der Waals surface area contributed by atoms with E-state index in [1.165, 1.54) is 12.8 Å². The predicted molar refractivity (Wildman–Crippen MR) is 95.9 cm³/mol. The highest BCUT2D eigenvalue weighted by molar-refractivity contribution is 5.89. The lowest BCUT2D eigenvalue weighted by Gasteiger charge is -2.39. The highest BCUT2D eigenvalue weighted by Gasteiger charge is 2.37. The molecule has 2 fully saturated rings. The number of hydrogen-bond donors (Lipinski definition) is 2. The number of phenolic OH excluding ortho intramolecular Hbond substituents is 1. The fourth-order valence-corrected chi connectivity index (χ4v) is 4.88. The summed E-state index contributed by atoms with van der Waals surface area (Å²) >= 11 is 0. The van der Waals surface area contributed by atoms with Crippen molar-refractivity contribution in [1.82, 2.24) is 0 Å². The Bertz CT molecular complexity index is 575. The highest BCUT2D eigenvalue weighted by Crippen LogP contribution is 2.49. The number of aromatic carboxylic acids is 1. The molecule has 2 aliphatic rings. The fraction of sp³-hybridized carbons (Fsp3) is 0.667. The summed E-state index contributed by atoms with van der Waals surface area (Å²) in [5.41, 5.74) is 1.85. The molecule has 3 rings (SSSR count). The van der Waals surface area contributed by atoms with Crippen molar-refractivity contribution in [2.75, 3.05) is 0 Å². The standard InChI is InChI=1S/C21H30O3/c1-20(9-5-3-6-10-20)16-13-15(19(23)24)14-17(18(16)22)21(2)11-7-4-8-12-21/h13-14,22H,3-12H2,1-2H3,(H,23,24). The van der Waals surface area contributed by atoms with Gasteiger partial charge in [0, 0.05) is 11.1 Å². The van der Waals surface area contributed by atoms with Gasteiger partial charge in [0.15, 0.2) is 0 Å². The number of phenols is 1. The van der Waals surface area contributed by atoms with Crippen LogP contribution in [0.4, 0.5) is 0 Å². The van der Waals surface area contributed by atoms with Gasteiger partial charge < -0.3 is 10.2 Å². The van der Waals surface area contributed by atoms with Crippen molar-refractivity contribution in [3.8, 4) is 5.75 Å². The first kappa shape index (κ1) is 17.3. The Morgan fingerprint density at radius 3 is 1.54 bits per heavy atom. The van der Waals surface area contributed by atoms with Gasteiger partial charge in [0.25, 0.3) is 0 Å². The lowest BCUT2D eigenvalue weighted by atomic mass is 9.66. The van der Waals surface area contributed by atoms with E-state index in [1.54, 1.807) is 12.1 Å². The molecule has 0 radical (unpaired) electrons. The van der Waals surface area contributed by atoms with Crippen molar-refractivity contribution >= 4 is 5.97 Å². The zero-order valence-electron chi connectivity index (χ0n) is 15.0. The van der Waals surface area contributed by atoms with Gasteiger partial charge in [-0.1, -0.05) is 52.4 Å². The number of rotatable bonds is 3. The van der Waals surface area contributed by atoms with Gasteiger partial charge in [-0.2, -0.15) is 0 Å². The second-order valence-electron chi connectivity index (χ2n) is 8.47. The minimum atomic E-state index is -0.892. The van der Waals surface area contributed by atoms with E-state index in [2.05, 4.69) is 13.8 Å². The average molecular weight is 330 g/mol. The quantitative estimate of drug-likeness (QED) is 0.765. The number of hydrogen-bond acceptors (Lipinski definition) is 2. The van der Waals surface area contributed by atoms with Gasteiger partial charge >= 0.3 is 5.97 Å². The molecule has 3 heteroatoms. The molecule has 24 heavy (non-hydrogen) atoms. The van der Waals surface area contributed by atoms with Crippen molar-refractivity contribution in [3.05, 3.63) is 28.8 Å². The maximum atomic E-state index is 11.7. The number of carbonyl (C=O) groups is 1. The number of carboxylic acids is 1. The van der Waals surface area contributed by atoms with Crippen LogP contribution < -0.4 is 0 Å². The summed E-state index contributed by atoms with van der Waals surface area (Å²) < 4.78 is 0. The molecule has 1 aromatic carbocycles. The monoisotopic (exact) mass is 330 g/mol. The van der Waals surface area contributed by atoms with E-state index in [1.807, 2.05) is 0 Å². The van der Waals surface area contributed by atoms with E-state index in [9.17, 15) is 15.0 Å². The minimum absolute atomic E-state index is 0.104. The van der Waals surface area contributed by atoms with Crippen LogP contribution in [-0.4, -0.2) is 16.2 Å². The third-order valence-corrected chi connectivity index (χ3v) is 6.57. The number of benzene rings is 1. The average Bonchev–Trinajstić information content (AvgIpc) is 2.56. The molecule has 0 unspecified atom stereocenters. The summed E-state index contributed by atoms with van der Waals surface area (Å²) in [5.74, 6) is -0.523. The van der Waals surface area contributed by atoms with Crippen LogP contribution in [0.3, 0.4) is 0 Å². The van der Waals surface area contributed by atoms with Gasteiger partial charge in [0.1, 0.15) is 5.75 Å². The predicted octanol–water partition coefficient (Wildman–Crippen LogP) is 5.53. The van der Waals surface area contributed by atoms with E-state index in [0.717, 1.165) is 62.5 Å². The molecule has 2 N–H and O–H groups in total. The topological polar surface area (TPSA) is 57.5 Å². The minimum Gasteiger partial charge on any atom is -0.507 e. The molecule has 0 atom stereocenters. The summed E-state index contributed by atoms with van der Waals surface area (Å²) in [5, 5.41) is 20.7. The van der Waals surface area contributed by atoms with E-state index in [0.29, 0.717) is 11.3 Å². The molecule has 0 bridgehead atoms. The Morgan fingerprint density at radius 1 is 0.833 bits per heavy atom. The lowest BCUT2D eigenvalue weighted by molar-refractivity contribution is 0.0696. The maximum Gasteiger partial charge on any atom is 0.335 e. The van der Waals surface area contributed by atoms with Crippen LogP contribution in [0.5, 0.6) is 5.75 Å². The van der Waals surface area contributed by atoms with Gasteiger partial charge in [0.05, 0.1) is 5.56 Å². The van der Waals surface area contributed by atoms with E-state index < -0.39 is 5.97 Å². The molecular weight excluding hydrogens is 300 g/mol. The van der Waals surface area contributed by atoms with Crippen LogP contribution in [0.25, 0.3) is 0 Å². The molecule has 0 amide bonds. The van der Waals surface area contributed by atoms with E-state index in [-0.39, 0.29) is 10.8 Å². The normalized spacial score (nSPS) is 22.9. The third-order valence-electron chi connectivity index (χ3n) is 6.57. The zero-order valence-corrected chi connectivity index (χ0v) is 15.0. The van der Waals surface area contributed by atoms with Crippen molar-refractivity contribution in [1.29, 1.82) is 0 Å². The Morgan fingerprint density at radius 2 is 1.21 bits per heavy atom. The van der Waals surface area contributed by atoms with Crippen LogP contribution in [0.15, 0.2) is 12.1 Å². The van der Waals surface area contributed by atoms with Gasteiger partial charge in [-0.25, -0.2) is 4.79 Å². The SMILES string of the molecule is CC1(c2cc(C(=O)O)cc(C3(C)CCCCC3)c2O)CCCCC1. The smallest absolute Gasteiger partial charge is 0.335 e. The summed E-state index contributed by atoms with van der Waals surface area (Å²) in [4.78, 5) is 11.7. The van der Waals surface area contributed by atoms with E-state index in [4.69, 9.17) is 0 Å². The van der Waals surface area contributed by atoms with Crippen LogP contribution in [-0.2, 0) is 10.8 Å². The van der Waals surface area contributed by atoms with Gasteiger partial charge in [0.2, 0.25) is 0 Å². The van der Waals surface area contributed by atoms with Crippen LogP contribution in [0.1, 0.15) is 99.5 Å². The van der Waals surface area contributed by atoms with Crippen LogP contribution in [0.2, 0.25) is 0 Å². The number of aromatic hydroxyl groups is 1. The Kier molecular flexibility index (Phi) is 4.63. The van der Waals surface area contributed by atoms with E-state index >= 15 is 0 Å². The molecule has 2 aliphatic carbocycles.